The Kier molecular flexibility index (Phi) is 6.30. The van der Waals surface area contributed by atoms with Crippen LogP contribution in [0.15, 0.2) is 0 Å². The molecule has 4 nitrogen and oxygen atoms in total. The van der Waals surface area contributed by atoms with E-state index >= 15 is 0 Å². The molecular formula is C6H13NO3S. The largest absolute Gasteiger partial charge is 0.480 e. The molecule has 0 aromatic heterocycles. The maximum absolute atomic E-state index is 10.1. The quantitative estimate of drug-likeness (QED) is 0.362. The first-order valence-corrected chi connectivity index (χ1v) is 3.88. The molecule has 0 aliphatic rings. The van der Waals surface area contributed by atoms with Crippen molar-refractivity contribution in [1.82, 2.24) is 4.47 Å². The molecule has 0 aliphatic heterocycles. The van der Waals surface area contributed by atoms with Gasteiger partial charge in [0, 0.05) is 0 Å². The summed E-state index contributed by atoms with van der Waals surface area (Å²) in [6.45, 7) is 2.35. The molecule has 0 saturated heterocycles. The van der Waals surface area contributed by atoms with Crippen LogP contribution in [-0.2, 0) is 9.63 Å². The smallest absolute Gasteiger partial charge is 0.321 e. The Bertz CT molecular complexity index is 120. The van der Waals surface area contributed by atoms with Gasteiger partial charge in [0.1, 0.15) is 6.54 Å². The lowest BCUT2D eigenvalue weighted by Crippen LogP contribution is -2.21. The van der Waals surface area contributed by atoms with Crippen molar-refractivity contribution >= 4 is 18.8 Å². The first kappa shape index (κ1) is 10.7. The number of carboxylic acids is 1. The van der Waals surface area contributed by atoms with E-state index in [1.54, 1.807) is 0 Å². The normalized spacial score (nSPS) is 10.5. The van der Waals surface area contributed by atoms with Crippen molar-refractivity contribution in [3.8, 4) is 0 Å². The fraction of sp³-hybridized carbons (Fsp3) is 0.833. The fourth-order valence-corrected chi connectivity index (χ4v) is 0.678. The highest BCUT2D eigenvalue weighted by Crippen LogP contribution is 1.96. The second kappa shape index (κ2) is 6.45. The average molecular weight is 179 g/mol. The second-order valence-electron chi connectivity index (χ2n) is 2.09. The van der Waals surface area contributed by atoms with Crippen molar-refractivity contribution in [3.63, 3.8) is 0 Å². The van der Waals surface area contributed by atoms with Gasteiger partial charge in [-0.2, -0.15) is 0 Å². The van der Waals surface area contributed by atoms with Gasteiger partial charge < -0.3 is 5.11 Å². The second-order valence-corrected chi connectivity index (χ2v) is 2.54. The lowest BCUT2D eigenvalue weighted by molar-refractivity contribution is -0.147. The van der Waals surface area contributed by atoms with Gasteiger partial charge in [0.15, 0.2) is 0 Å². The maximum atomic E-state index is 10.1. The van der Waals surface area contributed by atoms with Gasteiger partial charge in [0.2, 0.25) is 0 Å². The molecule has 0 atom stereocenters. The Balaban J connectivity index is 3.22. The Labute approximate surface area is 71.6 Å². The molecule has 0 heterocycles. The summed E-state index contributed by atoms with van der Waals surface area (Å²) in [5, 5.41) is 8.27. The van der Waals surface area contributed by atoms with Crippen LogP contribution in [0, 0.1) is 0 Å². The van der Waals surface area contributed by atoms with Crippen molar-refractivity contribution in [2.45, 2.75) is 19.8 Å². The molecule has 0 saturated carbocycles. The highest BCUT2D eigenvalue weighted by molar-refractivity contribution is 7.77. The molecule has 0 spiro atoms. The van der Waals surface area contributed by atoms with E-state index in [1.807, 2.05) is 6.92 Å². The number of carboxylic acid groups (broad SMARTS) is 1. The number of hydrogen-bond donors (Lipinski definition) is 2. The van der Waals surface area contributed by atoms with Crippen LogP contribution >= 0.6 is 12.8 Å². The zero-order chi connectivity index (χ0) is 8.69. The Morgan fingerprint density at radius 2 is 2.36 bits per heavy atom. The van der Waals surface area contributed by atoms with E-state index in [0.717, 1.165) is 17.3 Å². The van der Waals surface area contributed by atoms with Crippen molar-refractivity contribution in [2.24, 2.45) is 0 Å². The van der Waals surface area contributed by atoms with Crippen LogP contribution in [0.2, 0.25) is 0 Å². The minimum atomic E-state index is -0.948. The van der Waals surface area contributed by atoms with Crippen molar-refractivity contribution in [3.05, 3.63) is 0 Å². The van der Waals surface area contributed by atoms with Gasteiger partial charge in [-0.25, -0.2) is 0 Å². The summed E-state index contributed by atoms with van der Waals surface area (Å²) >= 11 is 3.77. The molecule has 11 heavy (non-hydrogen) atoms. The molecule has 0 aromatic rings. The first-order chi connectivity index (χ1) is 5.16. The zero-order valence-electron chi connectivity index (χ0n) is 6.49. The van der Waals surface area contributed by atoms with Crippen LogP contribution in [-0.4, -0.2) is 28.7 Å². The van der Waals surface area contributed by atoms with Crippen molar-refractivity contribution < 1.29 is 14.7 Å². The van der Waals surface area contributed by atoms with Crippen LogP contribution in [0.3, 0.4) is 0 Å². The van der Waals surface area contributed by atoms with E-state index in [9.17, 15) is 4.79 Å². The van der Waals surface area contributed by atoms with Crippen molar-refractivity contribution in [1.29, 1.82) is 0 Å². The lowest BCUT2D eigenvalue weighted by Gasteiger charge is -2.11. The van der Waals surface area contributed by atoms with Crippen LogP contribution in [0.4, 0.5) is 0 Å². The summed E-state index contributed by atoms with van der Waals surface area (Å²) in [6, 6.07) is 0. The number of hydroxylamine groups is 1. The number of nitrogens with zero attached hydrogens (tertiary/aromatic N) is 1. The van der Waals surface area contributed by atoms with Gasteiger partial charge in [-0.05, 0) is 6.42 Å². The average Bonchev–Trinajstić information content (AvgIpc) is 1.86. The van der Waals surface area contributed by atoms with Gasteiger partial charge in [-0.1, -0.05) is 26.2 Å². The molecule has 0 fully saturated rings. The summed E-state index contributed by atoms with van der Waals surface area (Å²) in [5.41, 5.74) is 0. The Morgan fingerprint density at radius 3 is 2.82 bits per heavy atom. The summed E-state index contributed by atoms with van der Waals surface area (Å²) in [7, 11) is 0. The van der Waals surface area contributed by atoms with E-state index in [0.29, 0.717) is 6.61 Å². The van der Waals surface area contributed by atoms with Gasteiger partial charge in [0.05, 0.1) is 6.61 Å². The zero-order valence-corrected chi connectivity index (χ0v) is 7.38. The van der Waals surface area contributed by atoms with Gasteiger partial charge in [-0.3, -0.25) is 9.63 Å². The molecule has 0 amide bonds. The van der Waals surface area contributed by atoms with Crippen LogP contribution in [0.5, 0.6) is 0 Å². The number of carbonyl (C=O) groups is 1. The minimum Gasteiger partial charge on any atom is -0.480 e. The first-order valence-electron chi connectivity index (χ1n) is 3.48. The molecule has 0 radical (unpaired) electrons. The molecule has 0 bridgehead atoms. The summed E-state index contributed by atoms with van der Waals surface area (Å²) in [6.07, 6.45) is 1.94. The van der Waals surface area contributed by atoms with Crippen LogP contribution in [0.1, 0.15) is 19.8 Å². The minimum absolute atomic E-state index is 0.202. The molecule has 1 N–H and O–H groups in total. The molecule has 5 heteroatoms. The predicted molar refractivity (Wildman–Crippen MR) is 44.2 cm³/mol. The molecule has 0 rings (SSSR count). The Hall–Kier alpha value is -0.260. The molecule has 0 aliphatic carbocycles. The standard InChI is InChI=1S/C6H13NO3S/c1-2-3-4-10-7(11)5-6(8)9/h11H,2-5H2,1H3,(H,8,9). The van der Waals surface area contributed by atoms with Crippen LogP contribution in [0.25, 0.3) is 0 Å². The van der Waals surface area contributed by atoms with Gasteiger partial charge >= 0.3 is 5.97 Å². The molecule has 0 unspecified atom stereocenters. The number of hydrogen-bond acceptors (Lipinski definition) is 4. The van der Waals surface area contributed by atoms with E-state index in [2.05, 4.69) is 12.8 Å². The van der Waals surface area contributed by atoms with Gasteiger partial charge in [0.25, 0.3) is 0 Å². The highest BCUT2D eigenvalue weighted by Gasteiger charge is 2.03. The SMILES string of the molecule is CCCCON(S)CC(=O)O. The van der Waals surface area contributed by atoms with Crippen LogP contribution < -0.4 is 0 Å². The Morgan fingerprint density at radius 1 is 1.73 bits per heavy atom. The number of thiol groups is 1. The fourth-order valence-electron chi connectivity index (χ4n) is 0.476. The lowest BCUT2D eigenvalue weighted by atomic mass is 10.4. The third-order valence-electron chi connectivity index (χ3n) is 1.01. The number of aliphatic carboxylic acids is 1. The molecule has 66 valence electrons. The highest BCUT2D eigenvalue weighted by atomic mass is 32.1. The topological polar surface area (TPSA) is 49.8 Å². The molecular weight excluding hydrogens is 166 g/mol. The maximum Gasteiger partial charge on any atom is 0.321 e. The third-order valence-corrected chi connectivity index (χ3v) is 1.27. The third kappa shape index (κ3) is 7.64. The summed E-state index contributed by atoms with van der Waals surface area (Å²) < 4.78 is 1.03. The van der Waals surface area contributed by atoms with E-state index in [4.69, 9.17) is 9.94 Å². The predicted octanol–water partition coefficient (Wildman–Crippen LogP) is 0.950. The summed E-state index contributed by atoms with van der Waals surface area (Å²) in [5.74, 6) is -0.948. The van der Waals surface area contributed by atoms with Gasteiger partial charge in [-0.15, -0.1) is 4.47 Å². The molecule has 0 aromatic carbocycles. The van der Waals surface area contributed by atoms with E-state index in [1.165, 1.54) is 0 Å². The summed E-state index contributed by atoms with van der Waals surface area (Å²) in [4.78, 5) is 15.0. The monoisotopic (exact) mass is 179 g/mol. The van der Waals surface area contributed by atoms with Crippen molar-refractivity contribution in [2.75, 3.05) is 13.2 Å². The van der Waals surface area contributed by atoms with E-state index < -0.39 is 5.97 Å². The number of unbranched alkanes of at least 4 members (excludes halogenated alkanes) is 1. The van der Waals surface area contributed by atoms with E-state index in [-0.39, 0.29) is 6.54 Å². The number of rotatable bonds is 6.